The molecule has 0 bridgehead atoms. The van der Waals surface area contributed by atoms with E-state index in [1.54, 1.807) is 0 Å². The van der Waals surface area contributed by atoms with Crippen molar-refractivity contribution in [2.24, 2.45) is 5.92 Å². The Labute approximate surface area is 85.3 Å². The highest BCUT2D eigenvalue weighted by molar-refractivity contribution is 5.71. The van der Waals surface area contributed by atoms with Crippen LogP contribution in [0.5, 0.6) is 0 Å². The van der Waals surface area contributed by atoms with E-state index in [9.17, 15) is 4.79 Å². The molecule has 1 saturated heterocycles. The molecule has 2 nitrogen and oxygen atoms in total. The Hall–Kier alpha value is -1.31. The normalized spacial score (nSPS) is 27.1. The first-order chi connectivity index (χ1) is 7.25. The molecular formula is C12H14O2. The fourth-order valence-corrected chi connectivity index (χ4v) is 1.65. The molecule has 2 heteroatoms. The van der Waals surface area contributed by atoms with E-state index >= 15 is 0 Å². The topological polar surface area (TPSA) is 26.3 Å². The third-order valence-electron chi connectivity index (χ3n) is 2.47. The Kier molecular flexibility index (Phi) is 2.45. The molecule has 1 aromatic carbocycles. The van der Waals surface area contributed by atoms with Crippen molar-refractivity contribution in [1.82, 2.24) is 0 Å². The summed E-state index contributed by atoms with van der Waals surface area (Å²) in [6.07, 6.45) is 2.17. The summed E-state index contributed by atoms with van der Waals surface area (Å²) in [5, 5.41) is 0. The highest BCUT2D eigenvalue weighted by Crippen LogP contribution is 2.19. The van der Waals surface area contributed by atoms with Gasteiger partial charge in [-0.3, -0.25) is 4.79 Å². The molecule has 1 aliphatic rings. The van der Waals surface area contributed by atoms with Crippen LogP contribution in [-0.2, 0) is 16.0 Å². The van der Waals surface area contributed by atoms with E-state index in [1.807, 2.05) is 18.2 Å². The molecule has 1 aliphatic heterocycles. The minimum atomic E-state index is -0.652. The molecule has 14 heavy (non-hydrogen) atoms. The molecule has 0 radical (unpaired) electrons. The zero-order chi connectivity index (χ0) is 10.7. The van der Waals surface area contributed by atoms with Crippen molar-refractivity contribution < 1.29 is 10.9 Å². The summed E-state index contributed by atoms with van der Waals surface area (Å²) in [7, 11) is 0. The van der Waals surface area contributed by atoms with Crippen LogP contribution in [-0.4, -0.2) is 12.6 Å². The second-order valence-electron chi connectivity index (χ2n) is 3.61. The first-order valence-electron chi connectivity index (χ1n) is 5.49. The van der Waals surface area contributed by atoms with E-state index in [1.165, 1.54) is 5.56 Å². The van der Waals surface area contributed by atoms with Crippen molar-refractivity contribution in [2.75, 3.05) is 6.58 Å². The zero-order valence-corrected chi connectivity index (χ0v) is 7.98. The Morgan fingerprint density at radius 3 is 2.86 bits per heavy atom. The number of carbonyl (C=O) groups excluding carboxylic acids is 1. The van der Waals surface area contributed by atoms with E-state index in [2.05, 4.69) is 12.1 Å². The Morgan fingerprint density at radius 1 is 1.43 bits per heavy atom. The molecule has 2 rings (SSSR count). The summed E-state index contributed by atoms with van der Waals surface area (Å²) in [6.45, 7) is -0.652. The quantitative estimate of drug-likeness (QED) is 0.684. The average Bonchev–Trinajstić information content (AvgIpc) is 2.56. The molecule has 0 N–H and O–H groups in total. The van der Waals surface area contributed by atoms with Gasteiger partial charge in [-0.2, -0.15) is 0 Å². The predicted octanol–water partition coefficient (Wildman–Crippen LogP) is 2.18. The van der Waals surface area contributed by atoms with Crippen LogP contribution >= 0.6 is 0 Å². The van der Waals surface area contributed by atoms with Crippen LogP contribution in [0, 0.1) is 5.92 Å². The second kappa shape index (κ2) is 4.27. The van der Waals surface area contributed by atoms with Gasteiger partial charge in [0.25, 0.3) is 0 Å². The minimum absolute atomic E-state index is 0.0673. The van der Waals surface area contributed by atoms with E-state index < -0.39 is 6.58 Å². The van der Waals surface area contributed by atoms with Gasteiger partial charge >= 0.3 is 5.97 Å². The number of rotatable bonds is 3. The summed E-state index contributed by atoms with van der Waals surface area (Å²) < 4.78 is 12.3. The maximum absolute atomic E-state index is 10.9. The Morgan fingerprint density at radius 2 is 2.21 bits per heavy atom. The van der Waals surface area contributed by atoms with Crippen molar-refractivity contribution >= 4 is 5.97 Å². The molecule has 0 aliphatic carbocycles. The van der Waals surface area contributed by atoms with Gasteiger partial charge in [0.05, 0.1) is 14.4 Å². The molecule has 0 spiro atoms. The minimum Gasteiger partial charge on any atom is -0.465 e. The fourth-order valence-electron chi connectivity index (χ4n) is 1.65. The number of cyclic esters (lactones) is 1. The first-order valence-corrected chi connectivity index (χ1v) is 4.91. The van der Waals surface area contributed by atoms with E-state index in [-0.39, 0.29) is 11.9 Å². The summed E-state index contributed by atoms with van der Waals surface area (Å²) in [6, 6.07) is 10.1. The summed E-state index contributed by atoms with van der Waals surface area (Å²) in [5.41, 5.74) is 1.25. The summed E-state index contributed by atoms with van der Waals surface area (Å²) in [4.78, 5) is 10.9. The van der Waals surface area contributed by atoms with Gasteiger partial charge in [0.2, 0.25) is 0 Å². The van der Waals surface area contributed by atoms with Gasteiger partial charge < -0.3 is 4.74 Å². The maximum atomic E-state index is 10.9. The van der Waals surface area contributed by atoms with Crippen molar-refractivity contribution in [3.8, 4) is 0 Å². The summed E-state index contributed by atoms with van der Waals surface area (Å²) in [5.74, 6) is -0.161. The fraction of sp³-hybridized carbons (Fsp3) is 0.417. The molecule has 2 unspecified atom stereocenters. The standard InChI is InChI=1S/C12H14O2/c13-12-8-11(9-14-12)7-6-10-4-2-1-3-5-10/h1-5,11H,6-9H2/i9D. The molecule has 0 saturated carbocycles. The molecule has 0 aromatic heterocycles. The third-order valence-corrected chi connectivity index (χ3v) is 2.47. The lowest BCUT2D eigenvalue weighted by Gasteiger charge is -2.05. The lowest BCUT2D eigenvalue weighted by atomic mass is 9.99. The van der Waals surface area contributed by atoms with Crippen LogP contribution in [0.2, 0.25) is 0 Å². The first kappa shape index (κ1) is 8.04. The van der Waals surface area contributed by atoms with Crippen molar-refractivity contribution in [1.29, 1.82) is 0 Å². The van der Waals surface area contributed by atoms with Gasteiger partial charge in [0.15, 0.2) is 0 Å². The van der Waals surface area contributed by atoms with Gasteiger partial charge in [0.1, 0.15) is 0 Å². The largest absolute Gasteiger partial charge is 0.465 e. The van der Waals surface area contributed by atoms with Gasteiger partial charge in [-0.15, -0.1) is 0 Å². The number of benzene rings is 1. The van der Waals surface area contributed by atoms with Crippen molar-refractivity contribution in [3.63, 3.8) is 0 Å². The van der Waals surface area contributed by atoms with Crippen LogP contribution < -0.4 is 0 Å². The van der Waals surface area contributed by atoms with Crippen LogP contribution in [0.4, 0.5) is 0 Å². The highest BCUT2D eigenvalue weighted by atomic mass is 16.5. The number of hydrogen-bond donors (Lipinski definition) is 0. The SMILES string of the molecule is [2H]C1OC(=O)CC1CCc1ccccc1. The van der Waals surface area contributed by atoms with E-state index in [4.69, 9.17) is 6.11 Å². The van der Waals surface area contributed by atoms with Gasteiger partial charge in [-0.1, -0.05) is 30.3 Å². The lowest BCUT2D eigenvalue weighted by Crippen LogP contribution is -2.01. The number of esters is 1. The maximum Gasteiger partial charge on any atom is 0.306 e. The third kappa shape index (κ3) is 2.34. The Bertz CT molecular complexity index is 337. The molecule has 0 amide bonds. The average molecular weight is 191 g/mol. The number of ether oxygens (including phenoxy) is 1. The zero-order valence-electron chi connectivity index (χ0n) is 8.98. The van der Waals surface area contributed by atoms with Gasteiger partial charge in [-0.25, -0.2) is 0 Å². The molecular weight excluding hydrogens is 176 g/mol. The van der Waals surface area contributed by atoms with Crippen molar-refractivity contribution in [2.45, 2.75) is 19.3 Å². The Balaban J connectivity index is 1.86. The second-order valence-corrected chi connectivity index (χ2v) is 3.61. The monoisotopic (exact) mass is 191 g/mol. The van der Waals surface area contributed by atoms with Gasteiger partial charge in [-0.05, 0) is 18.4 Å². The number of aryl methyl sites for hydroxylation is 1. The highest BCUT2D eigenvalue weighted by Gasteiger charge is 2.22. The molecule has 1 heterocycles. The van der Waals surface area contributed by atoms with Crippen LogP contribution in [0.15, 0.2) is 30.3 Å². The van der Waals surface area contributed by atoms with E-state index in [0.29, 0.717) is 6.42 Å². The molecule has 74 valence electrons. The van der Waals surface area contributed by atoms with Crippen molar-refractivity contribution in [3.05, 3.63) is 35.9 Å². The van der Waals surface area contributed by atoms with Crippen LogP contribution in [0.3, 0.4) is 0 Å². The number of carbonyl (C=O) groups is 1. The number of hydrogen-bond acceptors (Lipinski definition) is 2. The van der Waals surface area contributed by atoms with Crippen LogP contribution in [0.25, 0.3) is 0 Å². The van der Waals surface area contributed by atoms with E-state index in [0.717, 1.165) is 12.8 Å². The van der Waals surface area contributed by atoms with Gasteiger partial charge in [0, 0.05) is 5.92 Å². The summed E-state index contributed by atoms with van der Waals surface area (Å²) >= 11 is 0. The lowest BCUT2D eigenvalue weighted by molar-refractivity contribution is -0.137. The predicted molar refractivity (Wildman–Crippen MR) is 53.8 cm³/mol. The van der Waals surface area contributed by atoms with Crippen LogP contribution in [0.1, 0.15) is 19.8 Å². The smallest absolute Gasteiger partial charge is 0.306 e. The molecule has 1 fully saturated rings. The molecule has 1 aromatic rings. The molecule has 2 atom stereocenters.